The first-order chi connectivity index (χ1) is 14.9. The number of hydrazone groups is 1. The molecule has 0 unspecified atom stereocenters. The minimum atomic E-state index is -0.397. The summed E-state index contributed by atoms with van der Waals surface area (Å²) >= 11 is 0. The van der Waals surface area contributed by atoms with Gasteiger partial charge in [0.2, 0.25) is 0 Å². The molecule has 7 nitrogen and oxygen atoms in total. The summed E-state index contributed by atoms with van der Waals surface area (Å²) in [6, 6.07) is 9.13. The Labute approximate surface area is 180 Å². The average Bonchev–Trinajstić information content (AvgIpc) is 3.50. The molecule has 1 aromatic heterocycles. The third-order valence-electron chi connectivity index (χ3n) is 6.76. The van der Waals surface area contributed by atoms with Crippen LogP contribution in [0.2, 0.25) is 0 Å². The summed E-state index contributed by atoms with van der Waals surface area (Å²) in [5.41, 5.74) is 3.93. The molecule has 31 heavy (non-hydrogen) atoms. The van der Waals surface area contributed by atoms with E-state index in [0.717, 1.165) is 34.1 Å². The van der Waals surface area contributed by atoms with Crippen LogP contribution in [0.25, 0.3) is 5.69 Å². The lowest BCUT2D eigenvalue weighted by molar-refractivity contribution is -0.140. The van der Waals surface area contributed by atoms with E-state index in [1.807, 2.05) is 30.5 Å². The van der Waals surface area contributed by atoms with E-state index < -0.39 is 5.97 Å². The third-order valence-corrected chi connectivity index (χ3v) is 6.76. The molecule has 0 N–H and O–H groups in total. The van der Waals surface area contributed by atoms with E-state index in [9.17, 15) is 14.4 Å². The van der Waals surface area contributed by atoms with Crippen LogP contribution in [-0.2, 0) is 14.3 Å². The average molecular weight is 417 g/mol. The molecule has 2 heterocycles. The van der Waals surface area contributed by atoms with Crippen LogP contribution in [0.3, 0.4) is 0 Å². The summed E-state index contributed by atoms with van der Waals surface area (Å²) in [6.07, 6.45) is 6.62. The van der Waals surface area contributed by atoms with Crippen molar-refractivity contribution in [3.8, 4) is 5.69 Å². The van der Waals surface area contributed by atoms with Crippen LogP contribution < -0.4 is 0 Å². The van der Waals surface area contributed by atoms with Gasteiger partial charge in [-0.1, -0.05) is 18.2 Å². The van der Waals surface area contributed by atoms with Crippen LogP contribution in [0.4, 0.5) is 0 Å². The number of aryl methyl sites for hydroxylation is 1. The van der Waals surface area contributed by atoms with Crippen LogP contribution in [-0.4, -0.2) is 40.7 Å². The third kappa shape index (κ3) is 2.87. The summed E-state index contributed by atoms with van der Waals surface area (Å²) in [7, 11) is 1.35. The first-order valence-corrected chi connectivity index (χ1v) is 10.4. The maximum atomic E-state index is 12.8. The number of ether oxygens (including phenoxy) is 1. The van der Waals surface area contributed by atoms with Crippen LogP contribution in [0, 0.1) is 37.5 Å². The molecule has 0 spiro atoms. The van der Waals surface area contributed by atoms with Crippen molar-refractivity contribution in [3.05, 3.63) is 65.0 Å². The molecule has 5 rings (SSSR count). The molecule has 2 aromatic rings. The van der Waals surface area contributed by atoms with Crippen LogP contribution in [0.1, 0.15) is 33.7 Å². The van der Waals surface area contributed by atoms with Gasteiger partial charge in [-0.3, -0.25) is 9.59 Å². The van der Waals surface area contributed by atoms with E-state index in [1.165, 1.54) is 7.11 Å². The number of nitrogens with zero attached hydrogens (tertiary/aromatic N) is 3. The number of carbonyl (C=O) groups excluding carboxylic acids is 3. The highest BCUT2D eigenvalue weighted by molar-refractivity contribution is 6.06. The second-order valence-corrected chi connectivity index (χ2v) is 8.44. The highest BCUT2D eigenvalue weighted by atomic mass is 16.5. The minimum absolute atomic E-state index is 0.166. The van der Waals surface area contributed by atoms with Crippen molar-refractivity contribution in [3.63, 3.8) is 0 Å². The second kappa shape index (κ2) is 7.04. The first kappa shape index (κ1) is 19.5. The summed E-state index contributed by atoms with van der Waals surface area (Å²) in [5, 5.41) is 5.36. The van der Waals surface area contributed by atoms with Crippen LogP contribution in [0.15, 0.2) is 47.6 Å². The summed E-state index contributed by atoms with van der Waals surface area (Å²) in [4.78, 5) is 37.5. The molecule has 2 bridgehead atoms. The Morgan fingerprint density at radius 2 is 1.77 bits per heavy atom. The molecule has 7 heteroatoms. The summed E-state index contributed by atoms with van der Waals surface area (Å²) < 4.78 is 6.82. The Hall–Kier alpha value is -3.48. The maximum Gasteiger partial charge on any atom is 0.337 e. The van der Waals surface area contributed by atoms with Gasteiger partial charge in [-0.25, -0.2) is 4.79 Å². The van der Waals surface area contributed by atoms with E-state index in [4.69, 9.17) is 4.74 Å². The molecule has 2 amide bonds. The number of rotatable bonds is 4. The largest absolute Gasteiger partial charge is 0.465 e. The number of fused-ring (bicyclic) bond motifs is 5. The molecule has 1 aliphatic heterocycles. The summed E-state index contributed by atoms with van der Waals surface area (Å²) in [6.45, 7) is 3.89. The monoisotopic (exact) mass is 417 g/mol. The quantitative estimate of drug-likeness (QED) is 0.331. The van der Waals surface area contributed by atoms with Gasteiger partial charge in [0.1, 0.15) is 0 Å². The molecule has 4 atom stereocenters. The molecule has 1 saturated carbocycles. The predicted octanol–water partition coefficient (Wildman–Crippen LogP) is 3.02. The number of allylic oxidation sites excluding steroid dienone is 2. The van der Waals surface area contributed by atoms with Crippen LogP contribution in [0.5, 0.6) is 0 Å². The predicted molar refractivity (Wildman–Crippen MR) is 114 cm³/mol. The number of esters is 1. The van der Waals surface area contributed by atoms with Crippen molar-refractivity contribution >= 4 is 24.0 Å². The molecular formula is C24H23N3O4. The van der Waals surface area contributed by atoms with Crippen molar-refractivity contribution in [2.45, 2.75) is 20.3 Å². The fourth-order valence-corrected chi connectivity index (χ4v) is 5.33. The van der Waals surface area contributed by atoms with Crippen molar-refractivity contribution < 1.29 is 19.1 Å². The number of carbonyl (C=O) groups is 3. The van der Waals surface area contributed by atoms with Gasteiger partial charge < -0.3 is 9.30 Å². The van der Waals surface area contributed by atoms with Gasteiger partial charge in [-0.2, -0.15) is 10.1 Å². The number of benzene rings is 1. The van der Waals surface area contributed by atoms with Crippen molar-refractivity contribution in [1.82, 2.24) is 9.58 Å². The highest BCUT2D eigenvalue weighted by Crippen LogP contribution is 2.52. The Balaban J connectivity index is 1.43. The fraction of sp³-hybridized carbons (Fsp3) is 0.333. The second-order valence-electron chi connectivity index (χ2n) is 8.44. The highest BCUT2D eigenvalue weighted by Gasteiger charge is 2.59. The summed E-state index contributed by atoms with van der Waals surface area (Å²) in [5.74, 6) is -0.963. The molecule has 158 valence electrons. The van der Waals surface area contributed by atoms with Gasteiger partial charge in [-0.15, -0.1) is 0 Å². The van der Waals surface area contributed by atoms with E-state index in [0.29, 0.717) is 5.56 Å². The number of amides is 2. The van der Waals surface area contributed by atoms with E-state index in [1.54, 1.807) is 24.4 Å². The van der Waals surface area contributed by atoms with E-state index >= 15 is 0 Å². The molecule has 2 aliphatic carbocycles. The number of hydrogen-bond acceptors (Lipinski definition) is 5. The standard InChI is InChI=1S/C24H23N3O4/c1-13-9-18(14(2)26(13)19-6-4-5-17(11-19)24(30)31-3)12-25-27-22(28)20-15-7-8-16(10-15)21(20)23(27)29/h4-9,11-12,15-16,20-21H,10H2,1-3H3/t15-,16-,20-,21+/m0/s1. The first-order valence-electron chi connectivity index (χ1n) is 10.4. The molecule has 1 saturated heterocycles. The van der Waals surface area contributed by atoms with Gasteiger partial charge in [-0.05, 0) is 56.4 Å². The number of aromatic nitrogens is 1. The molecule has 3 aliphatic rings. The van der Waals surface area contributed by atoms with Crippen molar-refractivity contribution in [2.24, 2.45) is 28.8 Å². The van der Waals surface area contributed by atoms with Gasteiger partial charge in [0.15, 0.2) is 0 Å². The molecule has 1 aromatic carbocycles. The van der Waals surface area contributed by atoms with Crippen LogP contribution >= 0.6 is 0 Å². The van der Waals surface area contributed by atoms with Gasteiger partial charge in [0.25, 0.3) is 11.8 Å². The zero-order valence-corrected chi connectivity index (χ0v) is 17.6. The number of hydrogen-bond donors (Lipinski definition) is 0. The SMILES string of the molecule is COC(=O)c1cccc(-n2c(C)cc(C=NN3C(=O)[C@@H]4[C@H](C3=O)[C@H]3C=C[C@H]4C3)c2C)c1. The van der Waals surface area contributed by atoms with E-state index in [2.05, 4.69) is 17.3 Å². The van der Waals surface area contributed by atoms with E-state index in [-0.39, 0.29) is 35.5 Å². The van der Waals surface area contributed by atoms with Gasteiger partial charge in [0.05, 0.1) is 30.7 Å². The topological polar surface area (TPSA) is 81.0 Å². The smallest absolute Gasteiger partial charge is 0.337 e. The normalized spacial score (nSPS) is 26.4. The molecule has 2 fully saturated rings. The zero-order valence-electron chi connectivity index (χ0n) is 17.6. The molecule has 0 radical (unpaired) electrons. The number of methoxy groups -OCH3 is 1. The lowest BCUT2D eigenvalue weighted by Crippen LogP contribution is -2.28. The maximum absolute atomic E-state index is 12.8. The fourth-order valence-electron chi connectivity index (χ4n) is 5.33. The van der Waals surface area contributed by atoms with Gasteiger partial charge in [0, 0.05) is 22.6 Å². The van der Waals surface area contributed by atoms with Crippen molar-refractivity contribution in [1.29, 1.82) is 0 Å². The number of imide groups is 1. The lowest BCUT2D eigenvalue weighted by Gasteiger charge is -2.13. The Bertz CT molecular complexity index is 1150. The lowest BCUT2D eigenvalue weighted by atomic mass is 9.85. The molecular weight excluding hydrogens is 394 g/mol. The Kier molecular flexibility index (Phi) is 4.43. The van der Waals surface area contributed by atoms with Crippen molar-refractivity contribution in [2.75, 3.05) is 7.11 Å². The Morgan fingerprint density at radius 1 is 1.10 bits per heavy atom. The van der Waals surface area contributed by atoms with Gasteiger partial charge >= 0.3 is 5.97 Å². The minimum Gasteiger partial charge on any atom is -0.465 e. The zero-order chi connectivity index (χ0) is 21.9. The Morgan fingerprint density at radius 3 is 2.42 bits per heavy atom.